The van der Waals surface area contributed by atoms with Crippen LogP contribution in [0.5, 0.6) is 0 Å². The molecule has 3 amide bonds. The van der Waals surface area contributed by atoms with Gasteiger partial charge in [0.1, 0.15) is 0 Å². The first-order valence-corrected chi connectivity index (χ1v) is 11.9. The molecule has 0 saturated heterocycles. The first kappa shape index (κ1) is 21.6. The molecule has 0 radical (unpaired) electrons. The van der Waals surface area contributed by atoms with Crippen LogP contribution in [0.3, 0.4) is 0 Å². The molecule has 0 spiro atoms. The van der Waals surface area contributed by atoms with E-state index in [1.165, 1.54) is 32.1 Å². The lowest BCUT2D eigenvalue weighted by atomic mass is 9.54. The molecule has 172 valence electrons. The van der Waals surface area contributed by atoms with E-state index >= 15 is 0 Å². The number of nitrogens with zero attached hydrogens (tertiary/aromatic N) is 1. The lowest BCUT2D eigenvalue weighted by Gasteiger charge is -2.54. The van der Waals surface area contributed by atoms with Crippen molar-refractivity contribution in [1.29, 1.82) is 0 Å². The van der Waals surface area contributed by atoms with Crippen LogP contribution in [-0.2, 0) is 14.4 Å². The molecule has 33 heavy (non-hydrogen) atoms. The van der Waals surface area contributed by atoms with Gasteiger partial charge < -0.3 is 10.6 Å². The molecule has 0 unspecified atom stereocenters. The van der Waals surface area contributed by atoms with Crippen LogP contribution in [0.1, 0.15) is 45.4 Å². The van der Waals surface area contributed by atoms with Crippen molar-refractivity contribution in [1.82, 2.24) is 10.7 Å². The van der Waals surface area contributed by atoms with Crippen LogP contribution in [0.4, 0.5) is 5.69 Å². The van der Waals surface area contributed by atoms with Crippen molar-refractivity contribution in [3.8, 4) is 0 Å². The second kappa shape index (κ2) is 8.96. The highest BCUT2D eigenvalue weighted by Crippen LogP contribution is 2.53. The van der Waals surface area contributed by atoms with Crippen LogP contribution in [0.2, 0.25) is 0 Å². The van der Waals surface area contributed by atoms with E-state index in [-0.39, 0.29) is 18.4 Å². The van der Waals surface area contributed by atoms with Crippen LogP contribution in [0.25, 0.3) is 10.8 Å². The van der Waals surface area contributed by atoms with Crippen molar-refractivity contribution >= 4 is 39.9 Å². The SMILES string of the molecule is C/C(CC(=O)NC1C2CC3CC(C2)CC1C3)=N/NC(=O)C(=O)Nc1cccc2ccccc12. The second-order valence-electron chi connectivity index (χ2n) is 9.97. The van der Waals surface area contributed by atoms with Gasteiger partial charge in [-0.3, -0.25) is 14.4 Å². The summed E-state index contributed by atoms with van der Waals surface area (Å²) in [5.41, 5.74) is 3.29. The van der Waals surface area contributed by atoms with E-state index in [0.29, 0.717) is 23.2 Å². The first-order chi connectivity index (χ1) is 16.0. The van der Waals surface area contributed by atoms with Gasteiger partial charge in [0.25, 0.3) is 0 Å². The molecule has 0 aliphatic heterocycles. The Hall–Kier alpha value is -3.22. The van der Waals surface area contributed by atoms with Crippen LogP contribution in [0.15, 0.2) is 47.6 Å². The molecule has 2 aromatic rings. The highest BCUT2D eigenvalue weighted by molar-refractivity contribution is 6.40. The number of carbonyl (C=O) groups is 3. The number of carbonyl (C=O) groups excluding carboxylic acids is 3. The van der Waals surface area contributed by atoms with Gasteiger partial charge in [0.2, 0.25) is 5.91 Å². The topological polar surface area (TPSA) is 99.7 Å². The average Bonchev–Trinajstić information content (AvgIpc) is 2.79. The van der Waals surface area contributed by atoms with Crippen molar-refractivity contribution in [3.63, 3.8) is 0 Å². The van der Waals surface area contributed by atoms with Gasteiger partial charge in [-0.1, -0.05) is 36.4 Å². The van der Waals surface area contributed by atoms with E-state index < -0.39 is 11.8 Å². The van der Waals surface area contributed by atoms with E-state index in [1.807, 2.05) is 36.4 Å². The number of hydrogen-bond acceptors (Lipinski definition) is 4. The highest BCUT2D eigenvalue weighted by atomic mass is 16.2. The minimum Gasteiger partial charge on any atom is -0.352 e. The third-order valence-electron chi connectivity index (χ3n) is 7.56. The number of nitrogens with one attached hydrogen (secondary N) is 3. The normalized spacial score (nSPS) is 27.9. The monoisotopic (exact) mass is 446 g/mol. The third kappa shape index (κ3) is 4.63. The van der Waals surface area contributed by atoms with Gasteiger partial charge in [0.15, 0.2) is 0 Å². The lowest BCUT2D eigenvalue weighted by molar-refractivity contribution is -0.136. The summed E-state index contributed by atoms with van der Waals surface area (Å²) in [4.78, 5) is 37.2. The standard InChI is InChI=1S/C26H30N4O3/c1-15(9-23(31)28-24-19-11-16-10-17(13-19)14-20(24)12-16)29-30-26(33)25(32)27-22-8-4-6-18-5-2-3-7-21(18)22/h2-8,16-17,19-20,24H,9-14H2,1H3,(H,27,32)(H,28,31)(H,30,33)/b29-15-. The molecule has 0 aromatic heterocycles. The zero-order chi connectivity index (χ0) is 22.9. The number of benzene rings is 2. The van der Waals surface area contributed by atoms with Crippen molar-refractivity contribution in [2.45, 2.75) is 51.5 Å². The van der Waals surface area contributed by atoms with Gasteiger partial charge in [-0.15, -0.1) is 0 Å². The summed E-state index contributed by atoms with van der Waals surface area (Å²) >= 11 is 0. The quantitative estimate of drug-likeness (QED) is 0.372. The molecule has 0 heterocycles. The number of fused-ring (bicyclic) bond motifs is 1. The fourth-order valence-corrected chi connectivity index (χ4v) is 6.38. The molecular formula is C26H30N4O3. The smallest absolute Gasteiger partial charge is 0.329 e. The minimum absolute atomic E-state index is 0.0665. The Balaban J connectivity index is 1.13. The maximum absolute atomic E-state index is 12.6. The summed E-state index contributed by atoms with van der Waals surface area (Å²) in [5, 5.41) is 11.7. The van der Waals surface area contributed by atoms with Gasteiger partial charge in [0, 0.05) is 22.8 Å². The van der Waals surface area contributed by atoms with E-state index in [9.17, 15) is 14.4 Å². The Morgan fingerprint density at radius 1 is 0.879 bits per heavy atom. The van der Waals surface area contributed by atoms with Crippen molar-refractivity contribution in [2.24, 2.45) is 28.8 Å². The maximum atomic E-state index is 12.6. The predicted molar refractivity (Wildman–Crippen MR) is 127 cm³/mol. The molecule has 2 aromatic carbocycles. The number of hydrazone groups is 1. The number of anilines is 1. The average molecular weight is 447 g/mol. The Labute approximate surface area is 193 Å². The van der Waals surface area contributed by atoms with Crippen molar-refractivity contribution < 1.29 is 14.4 Å². The van der Waals surface area contributed by atoms with Crippen LogP contribution >= 0.6 is 0 Å². The number of rotatable bonds is 5. The molecule has 3 N–H and O–H groups in total. The fraction of sp³-hybridized carbons (Fsp3) is 0.462. The van der Waals surface area contributed by atoms with Gasteiger partial charge in [-0.25, -0.2) is 5.43 Å². The molecule has 4 aliphatic carbocycles. The number of amides is 3. The Bertz CT molecular complexity index is 1090. The molecule has 6 rings (SSSR count). The maximum Gasteiger partial charge on any atom is 0.329 e. The van der Waals surface area contributed by atoms with E-state index in [0.717, 1.165) is 22.6 Å². The molecule has 4 aliphatic rings. The summed E-state index contributed by atoms with van der Waals surface area (Å²) in [5.74, 6) is 1.20. The van der Waals surface area contributed by atoms with Gasteiger partial charge in [-0.2, -0.15) is 5.10 Å². The molecule has 0 atom stereocenters. The van der Waals surface area contributed by atoms with Crippen molar-refractivity contribution in [2.75, 3.05) is 5.32 Å². The van der Waals surface area contributed by atoms with Gasteiger partial charge >= 0.3 is 11.8 Å². The molecule has 7 heteroatoms. The number of hydrogen-bond donors (Lipinski definition) is 3. The van der Waals surface area contributed by atoms with Crippen LogP contribution < -0.4 is 16.1 Å². The summed E-state index contributed by atoms with van der Waals surface area (Å²) in [6.45, 7) is 1.68. The van der Waals surface area contributed by atoms with E-state index in [2.05, 4.69) is 21.2 Å². The van der Waals surface area contributed by atoms with Crippen molar-refractivity contribution in [3.05, 3.63) is 42.5 Å². The highest BCUT2D eigenvalue weighted by Gasteiger charge is 2.48. The van der Waals surface area contributed by atoms with Crippen LogP contribution in [-0.4, -0.2) is 29.5 Å². The molecule has 4 fully saturated rings. The third-order valence-corrected chi connectivity index (χ3v) is 7.56. The summed E-state index contributed by atoms with van der Waals surface area (Å²) in [7, 11) is 0. The van der Waals surface area contributed by atoms with Crippen LogP contribution in [0, 0.1) is 23.7 Å². The summed E-state index contributed by atoms with van der Waals surface area (Å²) < 4.78 is 0. The fourth-order valence-electron chi connectivity index (χ4n) is 6.38. The zero-order valence-corrected chi connectivity index (χ0v) is 18.8. The second-order valence-corrected chi connectivity index (χ2v) is 9.97. The first-order valence-electron chi connectivity index (χ1n) is 11.9. The van der Waals surface area contributed by atoms with Gasteiger partial charge in [-0.05, 0) is 74.2 Å². The Morgan fingerprint density at radius 3 is 2.27 bits per heavy atom. The molecule has 7 nitrogen and oxygen atoms in total. The molecule has 4 saturated carbocycles. The zero-order valence-electron chi connectivity index (χ0n) is 18.8. The summed E-state index contributed by atoms with van der Waals surface area (Å²) in [6.07, 6.45) is 6.46. The largest absolute Gasteiger partial charge is 0.352 e. The molecular weight excluding hydrogens is 416 g/mol. The predicted octanol–water partition coefficient (Wildman–Crippen LogP) is 3.60. The van der Waals surface area contributed by atoms with E-state index in [1.54, 1.807) is 13.0 Å². The minimum atomic E-state index is -0.872. The summed E-state index contributed by atoms with van der Waals surface area (Å²) in [6, 6.07) is 13.4. The van der Waals surface area contributed by atoms with Gasteiger partial charge in [0.05, 0.1) is 6.42 Å². The van der Waals surface area contributed by atoms with E-state index in [4.69, 9.17) is 0 Å². The lowest BCUT2D eigenvalue weighted by Crippen LogP contribution is -2.56. The Morgan fingerprint density at radius 2 is 1.55 bits per heavy atom. The Kier molecular flexibility index (Phi) is 5.87. The molecule has 4 bridgehead atoms.